The van der Waals surface area contributed by atoms with Crippen molar-refractivity contribution in [2.45, 2.75) is 446 Å². The number of ether oxygens (including phenoxy) is 4. The maximum atomic E-state index is 13.1. The molecule has 101 heavy (non-hydrogen) atoms. The smallest absolute Gasteiger partial charge is 0.462 e. The number of phosphoric ester groups is 2. The van der Waals surface area contributed by atoms with Crippen molar-refractivity contribution in [1.29, 1.82) is 0 Å². The summed E-state index contributed by atoms with van der Waals surface area (Å²) in [6.07, 6.45) is 61.0. The number of phosphoric acid groups is 2. The number of aliphatic hydroxyl groups is 1. The van der Waals surface area contributed by atoms with E-state index in [-0.39, 0.29) is 25.7 Å². The number of aliphatic hydroxyl groups excluding tert-OH is 1. The molecule has 17 nitrogen and oxygen atoms in total. The number of esters is 4. The van der Waals surface area contributed by atoms with Gasteiger partial charge in [-0.3, -0.25) is 37.3 Å². The van der Waals surface area contributed by atoms with Gasteiger partial charge in [-0.15, -0.1) is 0 Å². The highest BCUT2D eigenvalue weighted by Gasteiger charge is 2.30. The van der Waals surface area contributed by atoms with Gasteiger partial charge in [0.15, 0.2) is 12.2 Å². The van der Waals surface area contributed by atoms with Crippen LogP contribution in [0.3, 0.4) is 0 Å². The van der Waals surface area contributed by atoms with Crippen LogP contribution in [0.1, 0.15) is 427 Å². The molecule has 0 rings (SSSR count). The van der Waals surface area contributed by atoms with E-state index in [9.17, 15) is 43.2 Å². The molecule has 0 saturated carbocycles. The molecule has 0 spiro atoms. The summed E-state index contributed by atoms with van der Waals surface area (Å²) < 4.78 is 68.7. The Morgan fingerprint density at radius 2 is 0.475 bits per heavy atom. The predicted octanol–water partition coefficient (Wildman–Crippen LogP) is 24.5. The van der Waals surface area contributed by atoms with E-state index in [1.165, 1.54) is 225 Å². The summed E-state index contributed by atoms with van der Waals surface area (Å²) in [4.78, 5) is 72.9. The molecule has 0 heterocycles. The van der Waals surface area contributed by atoms with Gasteiger partial charge in [0.2, 0.25) is 0 Å². The molecule has 0 aromatic carbocycles. The summed E-state index contributed by atoms with van der Waals surface area (Å²) in [5.41, 5.74) is 0. The lowest BCUT2D eigenvalue weighted by Gasteiger charge is -2.21. The molecule has 0 bridgehead atoms. The van der Waals surface area contributed by atoms with E-state index in [0.29, 0.717) is 25.7 Å². The highest BCUT2D eigenvalue weighted by molar-refractivity contribution is 7.47. The minimum atomic E-state index is -4.96. The molecule has 3 N–H and O–H groups in total. The summed E-state index contributed by atoms with van der Waals surface area (Å²) >= 11 is 0. The van der Waals surface area contributed by atoms with Crippen LogP contribution in [-0.4, -0.2) is 96.7 Å². The van der Waals surface area contributed by atoms with Gasteiger partial charge >= 0.3 is 39.5 Å². The maximum absolute atomic E-state index is 13.1. The molecule has 0 radical (unpaired) electrons. The summed E-state index contributed by atoms with van der Waals surface area (Å²) in [5.74, 6) is 0.429. The quantitative estimate of drug-likeness (QED) is 0.0222. The highest BCUT2D eigenvalue weighted by Crippen LogP contribution is 2.45. The van der Waals surface area contributed by atoms with E-state index in [0.717, 1.165) is 120 Å². The second-order valence-corrected chi connectivity index (χ2v) is 33.1. The van der Waals surface area contributed by atoms with E-state index in [4.69, 9.17) is 37.0 Å². The van der Waals surface area contributed by atoms with E-state index in [1.807, 2.05) is 0 Å². The molecular formula is C82H160O17P2. The van der Waals surface area contributed by atoms with Crippen LogP contribution in [0.25, 0.3) is 0 Å². The van der Waals surface area contributed by atoms with Crippen LogP contribution >= 0.6 is 15.6 Å². The average Bonchev–Trinajstić information content (AvgIpc) is 0.935. The third kappa shape index (κ3) is 72.1. The standard InChI is InChI=1S/C82H160O17P2/c1-8-12-13-14-39-49-56-63-79(84)92-69-77(98-81(86)65-58-51-44-37-31-25-19-16-22-28-34-41-47-54-61-74(6)10-3)71-96-100(88,89)94-67-76(83)68-95-101(90,91)97-72-78(99-82(87)66-59-52-45-38-32-26-20-17-23-29-35-42-48-55-62-75(7)11-4)70-93-80(85)64-57-50-43-36-30-24-18-15-21-27-33-40-46-53-60-73(5)9-2/h73-78,83H,8-72H2,1-7H3,(H,88,89)(H,90,91)/t73?,74?,75?,76-,77+,78+/m0/s1. The predicted molar refractivity (Wildman–Crippen MR) is 414 cm³/mol. The zero-order valence-corrected chi connectivity index (χ0v) is 68.2. The third-order valence-electron chi connectivity index (χ3n) is 20.2. The van der Waals surface area contributed by atoms with Gasteiger partial charge < -0.3 is 33.8 Å². The average molecular weight is 1480 g/mol. The second-order valence-electron chi connectivity index (χ2n) is 30.2. The Morgan fingerprint density at radius 3 is 0.703 bits per heavy atom. The summed E-state index contributed by atoms with van der Waals surface area (Å²) in [7, 11) is -9.92. The molecule has 19 heteroatoms. The largest absolute Gasteiger partial charge is 0.472 e. The van der Waals surface area contributed by atoms with Gasteiger partial charge in [0, 0.05) is 25.7 Å². The van der Waals surface area contributed by atoms with E-state index in [1.54, 1.807) is 0 Å². The summed E-state index contributed by atoms with van der Waals surface area (Å²) in [5, 5.41) is 10.6. The zero-order valence-electron chi connectivity index (χ0n) is 66.4. The molecule has 0 aromatic heterocycles. The van der Waals surface area contributed by atoms with Crippen LogP contribution in [0.15, 0.2) is 0 Å². The molecule has 8 atom stereocenters. The van der Waals surface area contributed by atoms with Crippen molar-refractivity contribution in [3.05, 3.63) is 0 Å². The first-order chi connectivity index (χ1) is 48.8. The van der Waals surface area contributed by atoms with Gasteiger partial charge in [0.25, 0.3) is 0 Å². The van der Waals surface area contributed by atoms with Gasteiger partial charge in [-0.25, -0.2) is 9.13 Å². The first kappa shape index (κ1) is 99.1. The van der Waals surface area contributed by atoms with Crippen LogP contribution < -0.4 is 0 Å². The Morgan fingerprint density at radius 1 is 0.277 bits per heavy atom. The van der Waals surface area contributed by atoms with Gasteiger partial charge in [0.05, 0.1) is 26.4 Å². The van der Waals surface area contributed by atoms with Crippen LogP contribution in [0.2, 0.25) is 0 Å². The van der Waals surface area contributed by atoms with Crippen molar-refractivity contribution < 1.29 is 80.2 Å². The van der Waals surface area contributed by atoms with Crippen LogP contribution in [-0.2, 0) is 65.4 Å². The van der Waals surface area contributed by atoms with E-state index < -0.39 is 97.5 Å². The Labute approximate surface area is 619 Å². The second kappa shape index (κ2) is 72.3. The third-order valence-corrected chi connectivity index (χ3v) is 22.1. The molecule has 600 valence electrons. The van der Waals surface area contributed by atoms with Crippen molar-refractivity contribution in [3.63, 3.8) is 0 Å². The van der Waals surface area contributed by atoms with Gasteiger partial charge in [-0.2, -0.15) is 0 Å². The Balaban J connectivity index is 5.19. The number of carbonyl (C=O) groups excluding carboxylic acids is 4. The normalized spacial score (nSPS) is 14.8. The fraction of sp³-hybridized carbons (Fsp3) is 0.951. The Bertz CT molecular complexity index is 1960. The Hall–Kier alpha value is -1.94. The highest BCUT2D eigenvalue weighted by atomic mass is 31.2. The first-order valence-electron chi connectivity index (χ1n) is 42.5. The lowest BCUT2D eigenvalue weighted by Crippen LogP contribution is -2.30. The summed E-state index contributed by atoms with van der Waals surface area (Å²) in [6, 6.07) is 0. The molecule has 0 aliphatic heterocycles. The summed E-state index contributed by atoms with van der Waals surface area (Å²) in [6.45, 7) is 12.1. The van der Waals surface area contributed by atoms with Crippen molar-refractivity contribution >= 4 is 39.5 Å². The van der Waals surface area contributed by atoms with Crippen molar-refractivity contribution in [3.8, 4) is 0 Å². The molecule has 0 aliphatic rings. The SMILES string of the molecule is CCCCCCCCCC(=O)OC[C@H](COP(=O)(O)OC[C@H](O)COP(=O)(O)OC[C@@H](COC(=O)CCCCCCCCCCCCCCCCC(C)CC)OC(=O)CCCCCCCCCCCCCCCCC(C)CC)OC(=O)CCCCCCCCCCCCCCCCC(C)CC. The molecule has 0 saturated heterocycles. The number of carbonyl (C=O) groups is 4. The van der Waals surface area contributed by atoms with Gasteiger partial charge in [-0.05, 0) is 43.4 Å². The molecular weight excluding hydrogens is 1320 g/mol. The maximum Gasteiger partial charge on any atom is 0.472 e. The lowest BCUT2D eigenvalue weighted by atomic mass is 9.99. The first-order valence-corrected chi connectivity index (χ1v) is 45.5. The monoisotopic (exact) mass is 1480 g/mol. The van der Waals surface area contributed by atoms with Crippen molar-refractivity contribution in [1.82, 2.24) is 0 Å². The molecule has 0 amide bonds. The minimum Gasteiger partial charge on any atom is -0.462 e. The van der Waals surface area contributed by atoms with E-state index in [2.05, 4.69) is 48.5 Å². The fourth-order valence-electron chi connectivity index (χ4n) is 12.6. The van der Waals surface area contributed by atoms with Gasteiger partial charge in [0.1, 0.15) is 19.3 Å². The van der Waals surface area contributed by atoms with Crippen LogP contribution in [0.4, 0.5) is 0 Å². The zero-order chi connectivity index (χ0) is 74.4. The number of hydrogen-bond acceptors (Lipinski definition) is 15. The minimum absolute atomic E-state index is 0.107. The fourth-order valence-corrected chi connectivity index (χ4v) is 14.1. The van der Waals surface area contributed by atoms with Crippen molar-refractivity contribution in [2.75, 3.05) is 39.6 Å². The number of unbranched alkanes of at least 4 members (excludes halogenated alkanes) is 45. The molecule has 5 unspecified atom stereocenters. The van der Waals surface area contributed by atoms with E-state index >= 15 is 0 Å². The topological polar surface area (TPSA) is 237 Å². The van der Waals surface area contributed by atoms with Gasteiger partial charge in [-0.1, -0.05) is 376 Å². The molecule has 0 fully saturated rings. The number of rotatable bonds is 80. The molecule has 0 aliphatic carbocycles. The van der Waals surface area contributed by atoms with Crippen LogP contribution in [0.5, 0.6) is 0 Å². The van der Waals surface area contributed by atoms with Crippen LogP contribution in [0, 0.1) is 17.8 Å². The molecule has 0 aromatic rings. The lowest BCUT2D eigenvalue weighted by molar-refractivity contribution is -0.161. The van der Waals surface area contributed by atoms with Crippen molar-refractivity contribution in [2.24, 2.45) is 17.8 Å². The Kier molecular flexibility index (Phi) is 70.9. The number of hydrogen-bond donors (Lipinski definition) is 3.